The summed E-state index contributed by atoms with van der Waals surface area (Å²) >= 11 is 5.80. The molecule has 12 heavy (non-hydrogen) atoms. The van der Waals surface area contributed by atoms with Gasteiger partial charge < -0.3 is 13.5 Å². The molecule has 70 valence electrons. The quantitative estimate of drug-likeness (QED) is 0.373. The summed E-state index contributed by atoms with van der Waals surface area (Å²) in [6.07, 6.45) is 2.79. The Kier molecular flexibility index (Phi) is 6.46. The van der Waals surface area contributed by atoms with Gasteiger partial charge in [-0.3, -0.25) is 0 Å². The highest BCUT2D eigenvalue weighted by molar-refractivity contribution is 14.2. The normalized spacial score (nSPS) is 24.0. The zero-order valence-corrected chi connectivity index (χ0v) is 10.3. The third-order valence-electron chi connectivity index (χ3n) is 1.56. The molecule has 0 aromatic carbocycles. The molecule has 0 aromatic rings. The van der Waals surface area contributed by atoms with Crippen molar-refractivity contribution in [3.63, 3.8) is 0 Å². The van der Waals surface area contributed by atoms with Crippen molar-refractivity contribution in [2.75, 3.05) is 6.61 Å². The van der Waals surface area contributed by atoms with Crippen LogP contribution in [0.15, 0.2) is 0 Å². The molecule has 1 aliphatic heterocycles. The topological polar surface area (TPSA) is 27.7 Å². The SMILES string of the molecule is SOB(OC1CCCCO1)SI. The lowest BCUT2D eigenvalue weighted by Gasteiger charge is -2.23. The predicted molar refractivity (Wildman–Crippen MR) is 62.1 cm³/mol. The largest absolute Gasteiger partial charge is 0.555 e. The molecule has 1 saturated heterocycles. The second-order valence-electron chi connectivity index (χ2n) is 2.42. The van der Waals surface area contributed by atoms with Crippen molar-refractivity contribution < 1.29 is 13.5 Å². The van der Waals surface area contributed by atoms with Crippen LogP contribution < -0.4 is 0 Å². The maximum atomic E-state index is 5.42. The third kappa shape index (κ3) is 4.06. The monoisotopic (exact) mass is 320 g/mol. The minimum absolute atomic E-state index is 0.113. The Morgan fingerprint density at radius 1 is 1.58 bits per heavy atom. The fourth-order valence-electron chi connectivity index (χ4n) is 1.00. The highest BCUT2D eigenvalue weighted by Crippen LogP contribution is 2.23. The molecule has 0 amide bonds. The van der Waals surface area contributed by atoms with E-state index in [2.05, 4.69) is 34.1 Å². The number of hydrogen-bond acceptors (Lipinski definition) is 5. The molecular weight excluding hydrogens is 310 g/mol. The van der Waals surface area contributed by atoms with Crippen LogP contribution in [0.2, 0.25) is 0 Å². The van der Waals surface area contributed by atoms with Crippen LogP contribution in [-0.4, -0.2) is 19.3 Å². The van der Waals surface area contributed by atoms with Crippen molar-refractivity contribution in [2.45, 2.75) is 25.6 Å². The average Bonchev–Trinajstić information content (AvgIpc) is 2.16. The van der Waals surface area contributed by atoms with Crippen LogP contribution in [0.5, 0.6) is 0 Å². The molecule has 1 atom stereocenters. The van der Waals surface area contributed by atoms with Crippen LogP contribution in [-0.2, 0) is 13.5 Å². The fraction of sp³-hybridized carbons (Fsp3) is 1.00. The number of ether oxygens (including phenoxy) is 1. The molecule has 0 N–H and O–H groups in total. The summed E-state index contributed by atoms with van der Waals surface area (Å²) in [6.45, 7) is 0.788. The molecule has 7 heteroatoms. The van der Waals surface area contributed by atoms with Crippen molar-refractivity contribution in [2.24, 2.45) is 0 Å². The molecule has 0 aromatic heterocycles. The average molecular weight is 320 g/mol. The van der Waals surface area contributed by atoms with Gasteiger partial charge in [0.25, 0.3) is 0 Å². The van der Waals surface area contributed by atoms with E-state index in [1.54, 1.807) is 0 Å². The van der Waals surface area contributed by atoms with Crippen molar-refractivity contribution in [1.82, 2.24) is 0 Å². The molecule has 1 rings (SSSR count). The first-order valence-corrected chi connectivity index (χ1v) is 7.50. The van der Waals surface area contributed by atoms with Crippen LogP contribution in [0.4, 0.5) is 0 Å². The number of thiol groups is 1. The summed E-state index contributed by atoms with van der Waals surface area (Å²) in [4.78, 5) is 0. The van der Waals surface area contributed by atoms with E-state index in [9.17, 15) is 0 Å². The predicted octanol–water partition coefficient (Wildman–Crippen LogP) is 2.46. The van der Waals surface area contributed by atoms with Gasteiger partial charge in [-0.15, -0.1) is 0 Å². The summed E-state index contributed by atoms with van der Waals surface area (Å²) in [5.74, 6) is 0. The Morgan fingerprint density at radius 3 is 2.92 bits per heavy atom. The van der Waals surface area contributed by atoms with E-state index in [1.807, 2.05) is 0 Å². The van der Waals surface area contributed by atoms with E-state index in [0.717, 1.165) is 25.9 Å². The molecule has 1 heterocycles. The highest BCUT2D eigenvalue weighted by atomic mass is 127. The Balaban J connectivity index is 2.18. The van der Waals surface area contributed by atoms with Crippen molar-refractivity contribution in [3.8, 4) is 0 Å². The summed E-state index contributed by atoms with van der Waals surface area (Å²) in [7, 11) is 1.43. The zero-order valence-electron chi connectivity index (χ0n) is 6.44. The first-order chi connectivity index (χ1) is 5.86. The smallest absolute Gasteiger partial charge is 0.375 e. The standard InChI is InChI=1S/C5H10BIO3S2/c7-12-6(10-11)9-5-3-1-2-4-8-5/h5,11H,1-4H2. The summed E-state index contributed by atoms with van der Waals surface area (Å²) in [6, 6.07) is 0. The molecule has 3 nitrogen and oxygen atoms in total. The first kappa shape index (κ1) is 11.4. The van der Waals surface area contributed by atoms with Gasteiger partial charge in [0, 0.05) is 6.61 Å². The Bertz CT molecular complexity index is 121. The van der Waals surface area contributed by atoms with Crippen LogP contribution in [0.3, 0.4) is 0 Å². The van der Waals surface area contributed by atoms with Gasteiger partial charge in [-0.25, -0.2) is 0 Å². The molecule has 0 bridgehead atoms. The number of halogens is 1. The fourth-order valence-corrected chi connectivity index (χ4v) is 2.55. The van der Waals surface area contributed by atoms with Crippen molar-refractivity contribution in [3.05, 3.63) is 0 Å². The van der Waals surface area contributed by atoms with Crippen molar-refractivity contribution in [1.29, 1.82) is 0 Å². The molecule has 0 aliphatic carbocycles. The Morgan fingerprint density at radius 2 is 2.42 bits per heavy atom. The lowest BCUT2D eigenvalue weighted by Crippen LogP contribution is -2.28. The lowest BCUT2D eigenvalue weighted by atomic mass is 10.2. The van der Waals surface area contributed by atoms with E-state index in [4.69, 9.17) is 13.5 Å². The van der Waals surface area contributed by atoms with Gasteiger partial charge in [-0.05, 0) is 53.4 Å². The maximum Gasteiger partial charge on any atom is 0.555 e. The van der Waals surface area contributed by atoms with Crippen LogP contribution in [0, 0.1) is 0 Å². The molecule has 0 spiro atoms. The number of hydrogen-bond donors (Lipinski definition) is 1. The van der Waals surface area contributed by atoms with Crippen LogP contribution >= 0.6 is 42.9 Å². The summed E-state index contributed by atoms with van der Waals surface area (Å²) in [5, 5.41) is 0. The van der Waals surface area contributed by atoms with Gasteiger partial charge in [-0.2, -0.15) is 0 Å². The van der Waals surface area contributed by atoms with E-state index >= 15 is 0 Å². The van der Waals surface area contributed by atoms with Gasteiger partial charge in [0.1, 0.15) is 6.29 Å². The molecular formula is C5H10BIO3S2. The molecule has 0 saturated carbocycles. The summed E-state index contributed by atoms with van der Waals surface area (Å²) < 4.78 is 15.5. The van der Waals surface area contributed by atoms with Gasteiger partial charge in [-0.1, -0.05) is 8.78 Å². The number of rotatable bonds is 4. The third-order valence-corrected chi connectivity index (χ3v) is 3.49. The molecule has 0 radical (unpaired) electrons. The van der Waals surface area contributed by atoms with E-state index in [-0.39, 0.29) is 12.7 Å². The lowest BCUT2D eigenvalue weighted by molar-refractivity contribution is -0.111. The van der Waals surface area contributed by atoms with E-state index in [0.29, 0.717) is 0 Å². The molecule has 1 aliphatic rings. The molecule has 1 unspecified atom stereocenters. The minimum Gasteiger partial charge on any atom is -0.375 e. The van der Waals surface area contributed by atoms with Crippen molar-refractivity contribution >= 4 is 49.3 Å². The second-order valence-corrected chi connectivity index (χ2v) is 4.71. The van der Waals surface area contributed by atoms with Gasteiger partial charge >= 0.3 is 6.40 Å². The van der Waals surface area contributed by atoms with Gasteiger partial charge in [0.15, 0.2) is 0 Å². The Hall–Kier alpha value is 1.37. The minimum atomic E-state index is -0.336. The van der Waals surface area contributed by atoms with Gasteiger partial charge in [0.05, 0.1) is 0 Å². The van der Waals surface area contributed by atoms with Gasteiger partial charge in [0.2, 0.25) is 0 Å². The Labute approximate surface area is 94.5 Å². The maximum absolute atomic E-state index is 5.42. The van der Waals surface area contributed by atoms with Crippen LogP contribution in [0.25, 0.3) is 0 Å². The summed E-state index contributed by atoms with van der Waals surface area (Å²) in [5.41, 5.74) is 0. The first-order valence-electron chi connectivity index (χ1n) is 3.71. The molecule has 1 fully saturated rings. The zero-order chi connectivity index (χ0) is 8.81. The van der Waals surface area contributed by atoms with E-state index in [1.165, 1.54) is 8.78 Å². The highest BCUT2D eigenvalue weighted by Gasteiger charge is 2.24. The second kappa shape index (κ2) is 6.77. The van der Waals surface area contributed by atoms with E-state index < -0.39 is 0 Å². The van der Waals surface area contributed by atoms with Crippen LogP contribution in [0.1, 0.15) is 19.3 Å².